The molecule has 0 radical (unpaired) electrons. The molecule has 6 nitrogen and oxygen atoms in total. The van der Waals surface area contributed by atoms with Crippen LogP contribution in [0.2, 0.25) is 0 Å². The first-order valence-electron chi connectivity index (χ1n) is 7.63. The monoisotopic (exact) mass is 374 g/mol. The van der Waals surface area contributed by atoms with Crippen molar-refractivity contribution in [2.45, 2.75) is 13.2 Å². The third-order valence-corrected chi connectivity index (χ3v) is 4.18. The third kappa shape index (κ3) is 4.54. The number of carbonyl (C=O) groups excluding carboxylic acids is 1. The molecule has 2 heterocycles. The Balaban J connectivity index is 1.53. The first-order chi connectivity index (χ1) is 12.7. The Labute approximate surface area is 153 Å². The molecule has 1 aromatic carbocycles. The molecule has 0 N–H and O–H groups in total. The predicted octanol–water partition coefficient (Wildman–Crippen LogP) is 3.62. The maximum Gasteiger partial charge on any atom is 0.344 e. The summed E-state index contributed by atoms with van der Waals surface area (Å²) in [5.41, 5.74) is 0.869. The minimum Gasteiger partial charge on any atom is -0.486 e. The van der Waals surface area contributed by atoms with E-state index in [0.29, 0.717) is 11.4 Å². The number of carbonyl (C=O) groups is 1. The van der Waals surface area contributed by atoms with Gasteiger partial charge in [-0.25, -0.2) is 19.2 Å². The number of methoxy groups -OCH3 is 1. The maximum absolute atomic E-state index is 12.9. The van der Waals surface area contributed by atoms with Gasteiger partial charge in [-0.2, -0.15) is 0 Å². The van der Waals surface area contributed by atoms with Crippen LogP contribution in [0.25, 0.3) is 0 Å². The van der Waals surface area contributed by atoms with Crippen molar-refractivity contribution >= 4 is 17.3 Å². The zero-order chi connectivity index (χ0) is 18.4. The van der Waals surface area contributed by atoms with Crippen LogP contribution in [0.15, 0.2) is 48.0 Å². The van der Waals surface area contributed by atoms with Gasteiger partial charge in [-0.05, 0) is 36.4 Å². The summed E-state index contributed by atoms with van der Waals surface area (Å²) in [5, 5.41) is 2.51. The Kier molecular flexibility index (Phi) is 5.75. The van der Waals surface area contributed by atoms with E-state index in [-0.39, 0.29) is 30.5 Å². The van der Waals surface area contributed by atoms with Crippen LogP contribution < -0.4 is 9.47 Å². The lowest BCUT2D eigenvalue weighted by Gasteiger charge is -2.06. The van der Waals surface area contributed by atoms with Crippen LogP contribution in [-0.2, 0) is 18.0 Å². The van der Waals surface area contributed by atoms with Crippen LogP contribution in [0.3, 0.4) is 0 Å². The zero-order valence-corrected chi connectivity index (χ0v) is 14.7. The van der Waals surface area contributed by atoms with Crippen molar-refractivity contribution in [2.24, 2.45) is 0 Å². The molecule has 0 fully saturated rings. The van der Waals surface area contributed by atoms with E-state index in [1.807, 2.05) is 0 Å². The SMILES string of the molecule is COc1ncccc1C(=O)OCc1csc(COc2ccc(F)cc2)n1. The summed E-state index contributed by atoms with van der Waals surface area (Å²) in [6.45, 7) is 0.282. The largest absolute Gasteiger partial charge is 0.486 e. The Morgan fingerprint density at radius 1 is 1.19 bits per heavy atom. The normalized spacial score (nSPS) is 10.4. The number of rotatable bonds is 7. The molecule has 0 saturated carbocycles. The predicted molar refractivity (Wildman–Crippen MR) is 92.8 cm³/mol. The molecule has 134 valence electrons. The molecule has 8 heteroatoms. The van der Waals surface area contributed by atoms with Crippen LogP contribution >= 0.6 is 11.3 Å². The Hall–Kier alpha value is -3.00. The second-order valence-corrected chi connectivity index (χ2v) is 6.05. The van der Waals surface area contributed by atoms with Gasteiger partial charge in [0.1, 0.15) is 35.4 Å². The van der Waals surface area contributed by atoms with Crippen LogP contribution in [0, 0.1) is 5.82 Å². The zero-order valence-electron chi connectivity index (χ0n) is 13.8. The molecule has 3 aromatic rings. The van der Waals surface area contributed by atoms with E-state index in [2.05, 4.69) is 9.97 Å². The number of thiazole rings is 1. The van der Waals surface area contributed by atoms with Crippen molar-refractivity contribution in [1.29, 1.82) is 0 Å². The average molecular weight is 374 g/mol. The summed E-state index contributed by atoms with van der Waals surface area (Å²) in [7, 11) is 1.44. The van der Waals surface area contributed by atoms with Gasteiger partial charge in [-0.3, -0.25) is 0 Å². The van der Waals surface area contributed by atoms with Gasteiger partial charge in [0.05, 0.1) is 12.8 Å². The Morgan fingerprint density at radius 2 is 2.00 bits per heavy atom. The van der Waals surface area contributed by atoms with Gasteiger partial charge in [-0.15, -0.1) is 11.3 Å². The lowest BCUT2D eigenvalue weighted by Crippen LogP contribution is -2.08. The van der Waals surface area contributed by atoms with Crippen LogP contribution in [0.4, 0.5) is 4.39 Å². The van der Waals surface area contributed by atoms with Crippen LogP contribution in [0.1, 0.15) is 21.1 Å². The van der Waals surface area contributed by atoms with Crippen molar-refractivity contribution in [3.05, 3.63) is 70.1 Å². The van der Waals surface area contributed by atoms with E-state index in [9.17, 15) is 9.18 Å². The number of halogens is 1. The first-order valence-corrected chi connectivity index (χ1v) is 8.51. The quantitative estimate of drug-likeness (QED) is 0.588. The standard InChI is InChI=1S/C18H15FN2O4S/c1-23-17-15(3-2-8-20-17)18(22)25-9-13-11-26-16(21-13)10-24-14-6-4-12(19)5-7-14/h2-8,11H,9-10H2,1H3. The van der Waals surface area contributed by atoms with E-state index in [1.54, 1.807) is 29.6 Å². The molecule has 0 aliphatic rings. The number of hydrogen-bond acceptors (Lipinski definition) is 7. The lowest BCUT2D eigenvalue weighted by molar-refractivity contribution is 0.0463. The van der Waals surface area contributed by atoms with Crippen molar-refractivity contribution in [2.75, 3.05) is 7.11 Å². The van der Waals surface area contributed by atoms with E-state index in [0.717, 1.165) is 5.01 Å². The smallest absolute Gasteiger partial charge is 0.344 e. The topological polar surface area (TPSA) is 70.5 Å². The fourth-order valence-electron chi connectivity index (χ4n) is 2.08. The highest BCUT2D eigenvalue weighted by Gasteiger charge is 2.15. The van der Waals surface area contributed by atoms with Gasteiger partial charge >= 0.3 is 5.97 Å². The summed E-state index contributed by atoms with van der Waals surface area (Å²) in [4.78, 5) is 20.4. The number of nitrogens with zero attached hydrogens (tertiary/aromatic N) is 2. The van der Waals surface area contributed by atoms with Gasteiger partial charge in [0, 0.05) is 11.6 Å². The minimum absolute atomic E-state index is 0.0317. The van der Waals surface area contributed by atoms with Crippen molar-refractivity contribution in [1.82, 2.24) is 9.97 Å². The fourth-order valence-corrected chi connectivity index (χ4v) is 2.77. The van der Waals surface area contributed by atoms with Gasteiger partial charge in [0.25, 0.3) is 0 Å². The van der Waals surface area contributed by atoms with Gasteiger partial charge in [0.15, 0.2) is 0 Å². The number of hydrogen-bond donors (Lipinski definition) is 0. The summed E-state index contributed by atoms with van der Waals surface area (Å²) in [5.74, 6) is -0.0876. The molecule has 0 aliphatic carbocycles. The molecular weight excluding hydrogens is 359 g/mol. The Morgan fingerprint density at radius 3 is 2.77 bits per heavy atom. The first kappa shape index (κ1) is 17.8. The summed E-state index contributed by atoms with van der Waals surface area (Å²) in [6.07, 6.45) is 1.53. The maximum atomic E-state index is 12.9. The number of aromatic nitrogens is 2. The third-order valence-electron chi connectivity index (χ3n) is 3.31. The van der Waals surface area contributed by atoms with Gasteiger partial charge < -0.3 is 14.2 Å². The van der Waals surface area contributed by atoms with E-state index in [4.69, 9.17) is 14.2 Å². The molecule has 0 bridgehead atoms. The van der Waals surface area contributed by atoms with E-state index in [1.165, 1.54) is 36.8 Å². The average Bonchev–Trinajstić information content (AvgIpc) is 3.13. The van der Waals surface area contributed by atoms with Crippen molar-refractivity contribution in [3.8, 4) is 11.6 Å². The molecule has 3 rings (SSSR count). The molecule has 2 aromatic heterocycles. The van der Waals surface area contributed by atoms with Gasteiger partial charge in [0.2, 0.25) is 5.88 Å². The van der Waals surface area contributed by atoms with Crippen molar-refractivity contribution < 1.29 is 23.4 Å². The molecule has 0 spiro atoms. The molecule has 26 heavy (non-hydrogen) atoms. The number of pyridine rings is 1. The van der Waals surface area contributed by atoms with E-state index < -0.39 is 5.97 Å². The summed E-state index contributed by atoms with van der Waals surface area (Å²) < 4.78 is 28.7. The molecule has 0 saturated heterocycles. The minimum atomic E-state index is -0.535. The highest BCUT2D eigenvalue weighted by molar-refractivity contribution is 7.09. The molecule has 0 atom stereocenters. The second-order valence-electron chi connectivity index (χ2n) is 5.11. The van der Waals surface area contributed by atoms with Crippen LogP contribution in [-0.4, -0.2) is 23.0 Å². The molecule has 0 unspecified atom stereocenters. The Bertz CT molecular complexity index is 883. The van der Waals surface area contributed by atoms with Crippen molar-refractivity contribution in [3.63, 3.8) is 0 Å². The summed E-state index contributed by atoms with van der Waals surface area (Å²) in [6, 6.07) is 8.97. The second kappa shape index (κ2) is 8.39. The lowest BCUT2D eigenvalue weighted by atomic mass is 10.3. The van der Waals surface area contributed by atoms with Crippen LogP contribution in [0.5, 0.6) is 11.6 Å². The van der Waals surface area contributed by atoms with E-state index >= 15 is 0 Å². The number of benzene rings is 1. The molecule has 0 amide bonds. The fraction of sp³-hybridized carbons (Fsp3) is 0.167. The number of ether oxygens (including phenoxy) is 3. The number of esters is 1. The summed E-state index contributed by atoms with van der Waals surface area (Å²) >= 11 is 1.39. The highest BCUT2D eigenvalue weighted by atomic mass is 32.1. The van der Waals surface area contributed by atoms with Gasteiger partial charge in [-0.1, -0.05) is 0 Å². The molecular formula is C18H15FN2O4S. The highest BCUT2D eigenvalue weighted by Crippen LogP contribution is 2.18. The molecule has 0 aliphatic heterocycles.